The molecule has 0 saturated heterocycles. The summed E-state index contributed by atoms with van der Waals surface area (Å²) in [4.78, 5) is 2.39. The van der Waals surface area contributed by atoms with Gasteiger partial charge in [-0.1, -0.05) is 201 Å². The predicted octanol–water partition coefficient (Wildman–Crippen LogP) is 15.3. The number of hydrogen-bond acceptors (Lipinski definition) is 1. The number of nitrogens with zero attached hydrogens (tertiary/aromatic N) is 1. The summed E-state index contributed by atoms with van der Waals surface area (Å²) >= 11 is 0. The Morgan fingerprint density at radius 1 is 0.362 bits per heavy atom. The van der Waals surface area contributed by atoms with Gasteiger partial charge < -0.3 is 4.90 Å². The lowest BCUT2D eigenvalue weighted by molar-refractivity contribution is 0.768. The van der Waals surface area contributed by atoms with Crippen molar-refractivity contribution in [2.24, 2.45) is 0 Å². The molecule has 1 heteroatoms. The Labute approximate surface area is 341 Å². The Morgan fingerprint density at radius 2 is 0.862 bits per heavy atom. The summed E-state index contributed by atoms with van der Waals surface area (Å²) in [7, 11) is 0. The molecule has 0 radical (unpaired) electrons. The molecule has 0 bridgehead atoms. The van der Waals surface area contributed by atoms with Crippen LogP contribution in [0.25, 0.3) is 56.3 Å². The van der Waals surface area contributed by atoms with Gasteiger partial charge in [-0.15, -0.1) is 0 Å². The first-order valence-corrected chi connectivity index (χ1v) is 19.9. The smallest absolute Gasteiger partial charge is 0.0713 e. The van der Waals surface area contributed by atoms with Crippen molar-refractivity contribution in [3.63, 3.8) is 0 Å². The molecule has 9 aromatic rings. The van der Waals surface area contributed by atoms with Crippen molar-refractivity contribution in [1.82, 2.24) is 0 Å². The van der Waals surface area contributed by atoms with Gasteiger partial charge in [0.1, 0.15) is 0 Å². The molecule has 10 rings (SSSR count). The molecule has 58 heavy (non-hydrogen) atoms. The van der Waals surface area contributed by atoms with Gasteiger partial charge in [0.15, 0.2) is 0 Å². The van der Waals surface area contributed by atoms with Crippen molar-refractivity contribution < 1.29 is 0 Å². The maximum atomic E-state index is 4.04. The van der Waals surface area contributed by atoms with Crippen LogP contribution in [0, 0.1) is 0 Å². The fourth-order valence-electron chi connectivity index (χ4n) is 9.09. The topological polar surface area (TPSA) is 3.24 Å². The monoisotopic (exact) mass is 739 g/mol. The summed E-state index contributed by atoms with van der Waals surface area (Å²) in [6.07, 6.45) is 3.82. The minimum atomic E-state index is -0.522. The molecule has 9 aromatic carbocycles. The summed E-state index contributed by atoms with van der Waals surface area (Å²) in [6.45, 7) is 8.08. The maximum absolute atomic E-state index is 4.04. The van der Waals surface area contributed by atoms with Crippen LogP contribution in [0.4, 0.5) is 17.1 Å². The van der Waals surface area contributed by atoms with E-state index in [2.05, 4.69) is 230 Å². The summed E-state index contributed by atoms with van der Waals surface area (Å²) in [5.74, 6) is 0. The average Bonchev–Trinajstić information content (AvgIpc) is 3.60. The number of anilines is 3. The van der Waals surface area contributed by atoms with Gasteiger partial charge in [0.2, 0.25) is 0 Å². The van der Waals surface area contributed by atoms with E-state index in [4.69, 9.17) is 0 Å². The van der Waals surface area contributed by atoms with Crippen LogP contribution < -0.4 is 4.90 Å². The highest BCUT2D eigenvalue weighted by Crippen LogP contribution is 2.57. The van der Waals surface area contributed by atoms with Crippen molar-refractivity contribution in [1.29, 1.82) is 0 Å². The zero-order valence-electron chi connectivity index (χ0n) is 32.2. The van der Waals surface area contributed by atoms with Crippen molar-refractivity contribution >= 4 is 40.0 Å². The van der Waals surface area contributed by atoms with Crippen molar-refractivity contribution in [2.45, 2.75) is 5.41 Å². The fourth-order valence-corrected chi connectivity index (χ4v) is 9.09. The maximum Gasteiger partial charge on any atom is 0.0713 e. The molecule has 0 atom stereocenters. The lowest BCUT2D eigenvalue weighted by Gasteiger charge is -2.34. The van der Waals surface area contributed by atoms with E-state index in [-0.39, 0.29) is 0 Å². The second-order valence-electron chi connectivity index (χ2n) is 15.0. The first kappa shape index (κ1) is 35.0. The Morgan fingerprint density at radius 3 is 1.52 bits per heavy atom. The van der Waals surface area contributed by atoms with E-state index in [1.54, 1.807) is 0 Å². The van der Waals surface area contributed by atoms with Gasteiger partial charge in [-0.3, -0.25) is 0 Å². The highest BCUT2D eigenvalue weighted by Gasteiger charge is 2.46. The van der Waals surface area contributed by atoms with E-state index in [1.165, 1.54) is 66.4 Å². The van der Waals surface area contributed by atoms with Gasteiger partial charge in [-0.2, -0.15) is 0 Å². The third-order valence-corrected chi connectivity index (χ3v) is 11.9. The molecule has 0 aromatic heterocycles. The van der Waals surface area contributed by atoms with Crippen LogP contribution in [0.15, 0.2) is 225 Å². The second-order valence-corrected chi connectivity index (χ2v) is 15.0. The largest absolute Gasteiger partial charge is 0.310 e. The molecule has 274 valence electrons. The van der Waals surface area contributed by atoms with Crippen LogP contribution in [0.5, 0.6) is 0 Å². The predicted molar refractivity (Wildman–Crippen MR) is 247 cm³/mol. The molecule has 0 amide bonds. The van der Waals surface area contributed by atoms with Gasteiger partial charge in [0, 0.05) is 17.1 Å². The SMILES string of the molecule is C=Cc1ccc(C2(c3ccc(C=C)cc3)c3ccccc3-c3cc(N(c4ccc(-c5ccccc5)cc4)c4ccc(-c5cccc6ccccc56)cc4)ccc32)cc1. The first-order valence-electron chi connectivity index (χ1n) is 19.9. The second kappa shape index (κ2) is 14.5. The zero-order valence-corrected chi connectivity index (χ0v) is 32.2. The van der Waals surface area contributed by atoms with Gasteiger partial charge in [-0.05, 0) is 114 Å². The standard InChI is InChI=1S/C57H41N/c1-3-40-21-29-46(30-22-40)57(47-31-23-41(4-2)24-32-47)55-20-11-10-18-53(55)54-39-50(37-38-56(54)57)58(48-33-25-43(26-34-48)42-13-6-5-7-14-42)49-35-27-45(28-36-49)52-19-12-16-44-15-8-9-17-51(44)52/h3-39H,1-2H2. The molecular formula is C57H41N. The van der Waals surface area contributed by atoms with Crippen LogP contribution in [0.2, 0.25) is 0 Å². The lowest BCUT2D eigenvalue weighted by atomic mass is 9.67. The molecule has 0 heterocycles. The fraction of sp³-hybridized carbons (Fsp3) is 0.0175. The van der Waals surface area contributed by atoms with Gasteiger partial charge in [0.05, 0.1) is 5.41 Å². The number of benzene rings is 9. The summed E-state index contributed by atoms with van der Waals surface area (Å²) in [5, 5.41) is 2.50. The number of fused-ring (bicyclic) bond motifs is 4. The van der Waals surface area contributed by atoms with E-state index in [9.17, 15) is 0 Å². The normalized spacial score (nSPS) is 12.4. The number of rotatable bonds is 9. The van der Waals surface area contributed by atoms with E-state index >= 15 is 0 Å². The zero-order chi connectivity index (χ0) is 39.1. The molecule has 1 aliphatic rings. The van der Waals surface area contributed by atoms with Crippen LogP contribution in [-0.2, 0) is 5.41 Å². The Balaban J connectivity index is 1.16. The van der Waals surface area contributed by atoms with E-state index in [1.807, 2.05) is 12.2 Å². The Kier molecular flexibility index (Phi) is 8.77. The quantitative estimate of drug-likeness (QED) is 0.142. The Bertz CT molecular complexity index is 2880. The minimum Gasteiger partial charge on any atom is -0.310 e. The summed E-state index contributed by atoms with van der Waals surface area (Å²) in [6, 6.07) is 77.6. The number of hydrogen-bond donors (Lipinski definition) is 0. The molecular weight excluding hydrogens is 699 g/mol. The third-order valence-electron chi connectivity index (χ3n) is 11.9. The first-order chi connectivity index (χ1) is 28.6. The highest BCUT2D eigenvalue weighted by molar-refractivity contribution is 5.97. The van der Waals surface area contributed by atoms with Crippen LogP contribution in [-0.4, -0.2) is 0 Å². The van der Waals surface area contributed by atoms with Gasteiger partial charge in [-0.25, -0.2) is 0 Å². The molecule has 0 fully saturated rings. The van der Waals surface area contributed by atoms with Crippen molar-refractivity contribution in [3.8, 4) is 33.4 Å². The molecule has 0 saturated carbocycles. The molecule has 0 N–H and O–H groups in total. The summed E-state index contributed by atoms with van der Waals surface area (Å²) in [5.41, 5.74) is 17.2. The van der Waals surface area contributed by atoms with Crippen LogP contribution >= 0.6 is 0 Å². The van der Waals surface area contributed by atoms with Crippen LogP contribution in [0.1, 0.15) is 33.4 Å². The molecule has 0 aliphatic heterocycles. The molecule has 1 nitrogen and oxygen atoms in total. The van der Waals surface area contributed by atoms with E-state index in [0.29, 0.717) is 0 Å². The van der Waals surface area contributed by atoms with Gasteiger partial charge >= 0.3 is 0 Å². The third kappa shape index (κ3) is 5.79. The van der Waals surface area contributed by atoms with Gasteiger partial charge in [0.25, 0.3) is 0 Å². The highest BCUT2D eigenvalue weighted by atomic mass is 15.1. The summed E-state index contributed by atoms with van der Waals surface area (Å²) < 4.78 is 0. The van der Waals surface area contributed by atoms with Crippen molar-refractivity contribution in [2.75, 3.05) is 4.90 Å². The van der Waals surface area contributed by atoms with E-state index < -0.39 is 5.41 Å². The lowest BCUT2D eigenvalue weighted by Crippen LogP contribution is -2.28. The molecule has 1 aliphatic carbocycles. The Hall–Kier alpha value is -7.48. The van der Waals surface area contributed by atoms with Crippen LogP contribution in [0.3, 0.4) is 0 Å². The molecule has 0 unspecified atom stereocenters. The molecule has 0 spiro atoms. The average molecular weight is 740 g/mol. The van der Waals surface area contributed by atoms with Crippen molar-refractivity contribution in [3.05, 3.63) is 259 Å². The van der Waals surface area contributed by atoms with E-state index in [0.717, 1.165) is 28.2 Å². The minimum absolute atomic E-state index is 0.522.